The van der Waals surface area contributed by atoms with Gasteiger partial charge >= 0.3 is 189 Å². The van der Waals surface area contributed by atoms with Crippen molar-refractivity contribution < 1.29 is 137 Å². The molecule has 0 bridgehead atoms. The van der Waals surface area contributed by atoms with E-state index in [9.17, 15) is 0 Å². The third-order valence-corrected chi connectivity index (χ3v) is 0. The van der Waals surface area contributed by atoms with E-state index >= 15 is 0 Å². The Kier molecular flexibility index (Phi) is 66800. The van der Waals surface area contributed by atoms with Crippen molar-refractivity contribution in [2.24, 2.45) is 0 Å². The van der Waals surface area contributed by atoms with E-state index in [1.807, 2.05) is 0 Å². The van der Waals surface area contributed by atoms with E-state index < -0.39 is 0 Å². The third-order valence-electron chi connectivity index (χ3n) is 0. The molecule has 0 rings (SSSR count). The molecule has 0 aromatic rings. The van der Waals surface area contributed by atoms with Gasteiger partial charge in [0.25, 0.3) is 0 Å². The van der Waals surface area contributed by atoms with Gasteiger partial charge in [-0.1, -0.05) is 0 Å². The average Bonchev–Trinajstić information content (AvgIpc) is 0. The molecule has 0 aromatic carbocycles. The van der Waals surface area contributed by atoms with E-state index in [2.05, 4.69) is 0 Å². The molecule has 0 atom stereocenters. The molecule has 0 spiro atoms. The molecule has 25 nitrogen and oxygen atoms in total. The summed E-state index contributed by atoms with van der Waals surface area (Å²) in [4.78, 5) is 0. The fourth-order valence-electron chi connectivity index (χ4n) is 0. The van der Waals surface area contributed by atoms with Crippen LogP contribution in [0.3, 0.4) is 0 Å². The molecule has 30 heteroatoms. The maximum atomic E-state index is 0. The summed E-state index contributed by atoms with van der Waals surface area (Å²) in [6.07, 6.45) is 0. The summed E-state index contributed by atoms with van der Waals surface area (Å²) in [6.45, 7) is 0. The van der Waals surface area contributed by atoms with Crippen LogP contribution in [-0.2, 0) is 0 Å². The Morgan fingerprint density at radius 2 is 0.0667 bits per heavy atom. The first-order valence-corrected chi connectivity index (χ1v) is 0. The minimum absolute atomic E-state index is 0. The Morgan fingerprint density at radius 1 is 0.0667 bits per heavy atom. The molecule has 0 saturated heterocycles. The van der Waals surface area contributed by atoms with Gasteiger partial charge < -0.3 is 137 Å². The van der Waals surface area contributed by atoms with Gasteiger partial charge in [0, 0.05) is 0 Å². The van der Waals surface area contributed by atoms with Gasteiger partial charge in [-0.05, 0) is 0 Å². The van der Waals surface area contributed by atoms with Crippen molar-refractivity contribution in [3.05, 3.63) is 0 Å². The fraction of sp³-hybridized carbons (Fsp3) is 0. The van der Waals surface area contributed by atoms with E-state index in [0.717, 1.165) is 0 Å². The summed E-state index contributed by atoms with van der Waals surface area (Å²) >= 11 is 0. The molecular weight excluding hydrogens is 600 g/mol. The summed E-state index contributed by atoms with van der Waals surface area (Å²) in [5.41, 5.74) is 0. The zero-order valence-electron chi connectivity index (χ0n) is 12.5. The van der Waals surface area contributed by atoms with E-state index in [4.69, 9.17) is 0 Å². The van der Waals surface area contributed by atoms with E-state index in [1.165, 1.54) is 0 Å². The first kappa shape index (κ1) is 1480. The quantitative estimate of drug-likeness (QED) is 0.218. The summed E-state index contributed by atoms with van der Waals surface area (Å²) in [5.74, 6) is 0. The summed E-state index contributed by atoms with van der Waals surface area (Å²) < 4.78 is 0. The number of hydrogen-bond donors (Lipinski definition) is 0. The predicted octanol–water partition coefficient (Wildman–Crippen LogP) is -25.2. The molecular formula is H60Ca5O25. The molecule has 0 aliphatic heterocycles. The second-order valence-corrected chi connectivity index (χ2v) is 0. The van der Waals surface area contributed by atoms with E-state index in [0.29, 0.717) is 0 Å². The van der Waals surface area contributed by atoms with E-state index in [-0.39, 0.29) is 326 Å². The van der Waals surface area contributed by atoms with Crippen LogP contribution in [0.25, 0.3) is 0 Å². The van der Waals surface area contributed by atoms with Crippen LogP contribution in [-0.4, -0.2) is 326 Å². The van der Waals surface area contributed by atoms with Gasteiger partial charge in [0.05, 0.1) is 0 Å². The predicted molar refractivity (Wildman–Crippen MR) is 133 cm³/mol. The molecule has 0 saturated carbocycles. The topological polar surface area (TPSA) is 788 Å². The van der Waals surface area contributed by atoms with Gasteiger partial charge in [0.2, 0.25) is 0 Å². The van der Waals surface area contributed by atoms with Gasteiger partial charge in [-0.3, -0.25) is 0 Å². The first-order chi connectivity index (χ1) is 0. The molecule has 50 N–H and O–H groups in total. The SMILES string of the molecule is O.O.O.O.O.O.O.O.O.O.O.O.O.O.O.O.O.O.O.O.O.O.O.O.O.[CaH2].[CaH2].[CaH2].[CaH2].[CaH2]. The van der Waals surface area contributed by atoms with Crippen molar-refractivity contribution in [3.63, 3.8) is 0 Å². The Balaban J connectivity index is 0. The monoisotopic (exact) mass is 660 g/mol. The zero-order valence-corrected chi connectivity index (χ0v) is 12.5. The van der Waals surface area contributed by atoms with Crippen molar-refractivity contribution in [1.82, 2.24) is 0 Å². The normalized spacial score (nSPS) is 0. The Hall–Kier alpha value is 5.30. The van der Waals surface area contributed by atoms with Crippen molar-refractivity contribution in [1.29, 1.82) is 0 Å². The van der Waals surface area contributed by atoms with Crippen LogP contribution in [0.15, 0.2) is 0 Å². The second kappa shape index (κ2) is 1350. The van der Waals surface area contributed by atoms with Crippen LogP contribution in [0, 0.1) is 0 Å². The van der Waals surface area contributed by atoms with Crippen LogP contribution in [0.1, 0.15) is 0 Å². The molecule has 0 aliphatic rings. The Morgan fingerprint density at radius 3 is 0.0667 bits per heavy atom. The fourth-order valence-corrected chi connectivity index (χ4v) is 0. The van der Waals surface area contributed by atoms with E-state index in [1.54, 1.807) is 0 Å². The van der Waals surface area contributed by atoms with Crippen molar-refractivity contribution in [2.75, 3.05) is 0 Å². The third kappa shape index (κ3) is 1240. The average molecular weight is 661 g/mol. The second-order valence-electron chi connectivity index (χ2n) is 0. The molecule has 30 heavy (non-hydrogen) atoms. The number of rotatable bonds is 0. The van der Waals surface area contributed by atoms with Gasteiger partial charge in [-0.15, -0.1) is 0 Å². The van der Waals surface area contributed by atoms with Gasteiger partial charge in [-0.2, -0.15) is 0 Å². The molecule has 0 heterocycles. The van der Waals surface area contributed by atoms with Crippen LogP contribution < -0.4 is 0 Å². The zero-order chi connectivity index (χ0) is 0. The van der Waals surface area contributed by atoms with Crippen molar-refractivity contribution in [3.8, 4) is 0 Å². The standard InChI is InChI=1S/5Ca.25H2O.10H/h;;;;;25*1H2;;;;;;;;;;. The Labute approximate surface area is 319 Å². The number of hydrogen-bond acceptors (Lipinski definition) is 0. The van der Waals surface area contributed by atoms with Gasteiger partial charge in [-0.25, -0.2) is 0 Å². The summed E-state index contributed by atoms with van der Waals surface area (Å²) in [7, 11) is 0. The maximum absolute atomic E-state index is 0. The van der Waals surface area contributed by atoms with Crippen LogP contribution >= 0.6 is 0 Å². The molecule has 220 valence electrons. The van der Waals surface area contributed by atoms with Gasteiger partial charge in [0.1, 0.15) is 0 Å². The first-order valence-electron chi connectivity index (χ1n) is 0. The summed E-state index contributed by atoms with van der Waals surface area (Å²) in [5, 5.41) is 0. The van der Waals surface area contributed by atoms with Crippen molar-refractivity contribution >= 4 is 189 Å². The van der Waals surface area contributed by atoms with Gasteiger partial charge in [0.15, 0.2) is 0 Å². The molecule has 0 aromatic heterocycles. The van der Waals surface area contributed by atoms with Crippen molar-refractivity contribution in [2.45, 2.75) is 0 Å². The Bertz CT molecular complexity index is 19.5. The minimum atomic E-state index is 0. The molecule has 0 radical (unpaired) electrons. The molecule has 0 fully saturated rings. The molecule has 0 amide bonds. The summed E-state index contributed by atoms with van der Waals surface area (Å²) in [6, 6.07) is 0. The van der Waals surface area contributed by atoms with Crippen LogP contribution in [0.2, 0.25) is 0 Å². The molecule has 0 unspecified atom stereocenters. The van der Waals surface area contributed by atoms with Crippen LogP contribution in [0.5, 0.6) is 0 Å². The van der Waals surface area contributed by atoms with Crippen LogP contribution in [0.4, 0.5) is 0 Å². The molecule has 0 aliphatic carbocycles.